The number of morpholine rings is 1. The second-order valence-electron chi connectivity index (χ2n) is 6.95. The van der Waals surface area contributed by atoms with E-state index < -0.39 is 0 Å². The highest BCUT2D eigenvalue weighted by atomic mass is 16.5. The van der Waals surface area contributed by atoms with Gasteiger partial charge in [0.05, 0.1) is 24.1 Å². The molecular weight excluding hydrogens is 328 g/mol. The van der Waals surface area contributed by atoms with Crippen LogP contribution in [0.1, 0.15) is 41.2 Å². The summed E-state index contributed by atoms with van der Waals surface area (Å²) in [5.74, 6) is -0.207. The van der Waals surface area contributed by atoms with Crippen LogP contribution in [0, 0.1) is 6.92 Å². The lowest BCUT2D eigenvalue weighted by molar-refractivity contribution is -0.0705. The molecule has 1 aliphatic heterocycles. The number of hydrogen-bond acceptors (Lipinski definition) is 5. The summed E-state index contributed by atoms with van der Waals surface area (Å²) in [6.07, 6.45) is 3.59. The Kier molecular flexibility index (Phi) is 5.96. The highest BCUT2D eigenvalue weighted by molar-refractivity contribution is 5.91. The first-order chi connectivity index (χ1) is 12.5. The second kappa shape index (κ2) is 8.38. The van der Waals surface area contributed by atoms with Gasteiger partial charge in [-0.05, 0) is 31.9 Å². The maximum Gasteiger partial charge on any atom is 0.271 e. The van der Waals surface area contributed by atoms with Crippen LogP contribution in [0.2, 0.25) is 0 Å². The number of amides is 1. The van der Waals surface area contributed by atoms with Crippen LogP contribution in [0.4, 0.5) is 0 Å². The molecule has 1 aromatic heterocycles. The fourth-order valence-corrected chi connectivity index (χ4v) is 3.31. The van der Waals surface area contributed by atoms with E-state index in [0.29, 0.717) is 12.2 Å². The molecule has 2 atom stereocenters. The van der Waals surface area contributed by atoms with E-state index in [1.54, 1.807) is 6.20 Å². The molecule has 2 aromatic rings. The molecule has 1 N–H and O–H groups in total. The number of nitrogens with zero attached hydrogens (tertiary/aromatic N) is 3. The molecule has 0 bridgehead atoms. The van der Waals surface area contributed by atoms with E-state index in [9.17, 15) is 4.79 Å². The number of nitrogens with one attached hydrogen (secondary N) is 1. The third kappa shape index (κ3) is 4.86. The molecule has 2 heterocycles. The Morgan fingerprint density at radius 1 is 1.15 bits per heavy atom. The molecule has 6 nitrogen and oxygen atoms in total. The van der Waals surface area contributed by atoms with Crippen LogP contribution in [0.3, 0.4) is 0 Å². The maximum absolute atomic E-state index is 12.3. The first-order valence-electron chi connectivity index (χ1n) is 9.02. The van der Waals surface area contributed by atoms with Gasteiger partial charge in [-0.15, -0.1) is 0 Å². The van der Waals surface area contributed by atoms with Crippen molar-refractivity contribution in [1.82, 2.24) is 20.2 Å². The summed E-state index contributed by atoms with van der Waals surface area (Å²) in [6.45, 7) is 9.23. The Morgan fingerprint density at radius 3 is 2.50 bits per heavy atom. The number of hydrogen-bond donors (Lipinski definition) is 1. The average Bonchev–Trinajstić information content (AvgIpc) is 2.60. The van der Waals surface area contributed by atoms with E-state index in [1.807, 2.05) is 19.1 Å². The van der Waals surface area contributed by atoms with Crippen molar-refractivity contribution in [3.8, 4) is 0 Å². The summed E-state index contributed by atoms with van der Waals surface area (Å²) >= 11 is 0. The minimum absolute atomic E-state index is 0.207. The van der Waals surface area contributed by atoms with Crippen LogP contribution in [-0.4, -0.2) is 46.1 Å². The van der Waals surface area contributed by atoms with Gasteiger partial charge in [0.25, 0.3) is 5.91 Å². The molecule has 26 heavy (non-hydrogen) atoms. The van der Waals surface area contributed by atoms with Crippen molar-refractivity contribution in [1.29, 1.82) is 0 Å². The molecule has 0 aliphatic carbocycles. The predicted octanol–water partition coefficient (Wildman–Crippen LogP) is 2.32. The Labute approximate surface area is 154 Å². The smallest absolute Gasteiger partial charge is 0.271 e. The third-order valence-corrected chi connectivity index (χ3v) is 4.46. The summed E-state index contributed by atoms with van der Waals surface area (Å²) in [5, 5.41) is 2.95. The molecule has 1 saturated heterocycles. The number of benzene rings is 1. The summed E-state index contributed by atoms with van der Waals surface area (Å²) < 4.78 is 5.81. The predicted molar refractivity (Wildman–Crippen MR) is 99.7 cm³/mol. The highest BCUT2D eigenvalue weighted by Gasteiger charge is 2.22. The third-order valence-electron chi connectivity index (χ3n) is 4.46. The lowest BCUT2D eigenvalue weighted by Crippen LogP contribution is -2.45. The molecule has 0 unspecified atom stereocenters. The van der Waals surface area contributed by atoms with Gasteiger partial charge in [0.2, 0.25) is 0 Å². The zero-order valence-electron chi connectivity index (χ0n) is 15.6. The molecule has 1 amide bonds. The van der Waals surface area contributed by atoms with Gasteiger partial charge in [-0.25, -0.2) is 4.98 Å². The van der Waals surface area contributed by atoms with Crippen LogP contribution in [0.15, 0.2) is 36.7 Å². The minimum atomic E-state index is -0.207. The SMILES string of the molecule is Cc1cnc(C(=O)NCc2ccccc2CN2C[C@@H](C)O[C@@H](C)C2)cn1. The van der Waals surface area contributed by atoms with E-state index in [0.717, 1.165) is 30.9 Å². The Morgan fingerprint density at radius 2 is 1.85 bits per heavy atom. The van der Waals surface area contributed by atoms with Crippen molar-refractivity contribution in [2.24, 2.45) is 0 Å². The van der Waals surface area contributed by atoms with Crippen LogP contribution in [-0.2, 0) is 17.8 Å². The summed E-state index contributed by atoms with van der Waals surface area (Å²) in [5.41, 5.74) is 3.47. The molecule has 0 radical (unpaired) electrons. The average molecular weight is 354 g/mol. The Hall–Kier alpha value is -2.31. The normalized spacial score (nSPS) is 20.7. The molecule has 6 heteroatoms. The maximum atomic E-state index is 12.3. The van der Waals surface area contributed by atoms with Crippen molar-refractivity contribution in [2.45, 2.75) is 46.1 Å². The van der Waals surface area contributed by atoms with Gasteiger partial charge in [-0.1, -0.05) is 24.3 Å². The van der Waals surface area contributed by atoms with Crippen molar-refractivity contribution in [2.75, 3.05) is 13.1 Å². The van der Waals surface area contributed by atoms with Gasteiger partial charge < -0.3 is 10.1 Å². The van der Waals surface area contributed by atoms with Crippen molar-refractivity contribution in [3.05, 3.63) is 59.2 Å². The van der Waals surface area contributed by atoms with Gasteiger partial charge in [0.15, 0.2) is 0 Å². The molecule has 138 valence electrons. The van der Waals surface area contributed by atoms with Crippen molar-refractivity contribution >= 4 is 5.91 Å². The van der Waals surface area contributed by atoms with Gasteiger partial charge in [-0.3, -0.25) is 14.7 Å². The Bertz CT molecular complexity index is 738. The fraction of sp³-hybridized carbons (Fsp3) is 0.450. The van der Waals surface area contributed by atoms with Crippen LogP contribution in [0.5, 0.6) is 0 Å². The van der Waals surface area contributed by atoms with Crippen LogP contribution >= 0.6 is 0 Å². The van der Waals surface area contributed by atoms with E-state index in [4.69, 9.17) is 4.74 Å². The lowest BCUT2D eigenvalue weighted by Gasteiger charge is -2.35. The molecule has 1 aromatic carbocycles. The number of ether oxygens (including phenoxy) is 1. The number of aromatic nitrogens is 2. The lowest BCUT2D eigenvalue weighted by atomic mass is 10.1. The van der Waals surface area contributed by atoms with Gasteiger partial charge in [0, 0.05) is 32.4 Å². The first kappa shape index (κ1) is 18.5. The molecule has 0 saturated carbocycles. The van der Waals surface area contributed by atoms with Gasteiger partial charge >= 0.3 is 0 Å². The largest absolute Gasteiger partial charge is 0.373 e. The van der Waals surface area contributed by atoms with E-state index in [-0.39, 0.29) is 18.1 Å². The standard InChI is InChI=1S/C20H26N4O2/c1-14-8-22-19(10-21-14)20(25)23-9-17-6-4-5-7-18(17)13-24-11-15(2)26-16(3)12-24/h4-8,10,15-16H,9,11-13H2,1-3H3,(H,23,25)/t15-,16+. The van der Waals surface area contributed by atoms with E-state index in [2.05, 4.69) is 46.2 Å². The summed E-state index contributed by atoms with van der Waals surface area (Å²) in [6, 6.07) is 8.22. The van der Waals surface area contributed by atoms with Crippen LogP contribution in [0.25, 0.3) is 0 Å². The molecule has 3 rings (SSSR count). The number of rotatable bonds is 5. The zero-order valence-corrected chi connectivity index (χ0v) is 15.6. The molecule has 0 spiro atoms. The minimum Gasteiger partial charge on any atom is -0.373 e. The number of aryl methyl sites for hydroxylation is 1. The van der Waals surface area contributed by atoms with Crippen molar-refractivity contribution in [3.63, 3.8) is 0 Å². The fourth-order valence-electron chi connectivity index (χ4n) is 3.31. The number of carbonyl (C=O) groups is 1. The Balaban J connectivity index is 1.63. The molecule has 1 aliphatic rings. The second-order valence-corrected chi connectivity index (χ2v) is 6.95. The van der Waals surface area contributed by atoms with Crippen LogP contribution < -0.4 is 5.32 Å². The highest BCUT2D eigenvalue weighted by Crippen LogP contribution is 2.17. The molecule has 1 fully saturated rings. The first-order valence-corrected chi connectivity index (χ1v) is 9.02. The molecular formula is C20H26N4O2. The summed E-state index contributed by atoms with van der Waals surface area (Å²) in [7, 11) is 0. The monoisotopic (exact) mass is 354 g/mol. The summed E-state index contributed by atoms with van der Waals surface area (Å²) in [4.78, 5) is 22.9. The van der Waals surface area contributed by atoms with Gasteiger partial charge in [0.1, 0.15) is 5.69 Å². The van der Waals surface area contributed by atoms with E-state index >= 15 is 0 Å². The topological polar surface area (TPSA) is 67.4 Å². The van der Waals surface area contributed by atoms with Crippen molar-refractivity contribution < 1.29 is 9.53 Å². The quantitative estimate of drug-likeness (QED) is 0.893. The number of carbonyl (C=O) groups excluding carboxylic acids is 1. The van der Waals surface area contributed by atoms with Gasteiger partial charge in [-0.2, -0.15) is 0 Å². The zero-order chi connectivity index (χ0) is 18.5. The van der Waals surface area contributed by atoms with E-state index in [1.165, 1.54) is 11.8 Å².